The van der Waals surface area contributed by atoms with Crippen LogP contribution in [0, 0.1) is 13.8 Å². The van der Waals surface area contributed by atoms with Crippen LogP contribution < -0.4 is 11.1 Å². The van der Waals surface area contributed by atoms with E-state index in [4.69, 9.17) is 5.73 Å². The number of hydrogen-bond donors (Lipinski definition) is 3. The average Bonchev–Trinajstić information content (AvgIpc) is 2.69. The number of carbonyl (C=O) groups is 1. The second kappa shape index (κ2) is 5.32. The number of rotatable bonds is 3. The lowest BCUT2D eigenvalue weighted by atomic mass is 10.2. The third-order valence-corrected chi connectivity index (χ3v) is 4.09. The first-order chi connectivity index (χ1) is 8.97. The Morgan fingerprint density at radius 3 is 2.68 bits per heavy atom. The molecule has 0 aliphatic carbocycles. The van der Waals surface area contributed by atoms with Gasteiger partial charge in [-0.15, -0.1) is 11.3 Å². The minimum Gasteiger partial charge on any atom is -0.506 e. The van der Waals surface area contributed by atoms with Crippen molar-refractivity contribution in [1.29, 1.82) is 0 Å². The number of amides is 1. The minimum atomic E-state index is -0.223. The molecule has 1 aromatic carbocycles. The van der Waals surface area contributed by atoms with Gasteiger partial charge < -0.3 is 16.2 Å². The van der Waals surface area contributed by atoms with Crippen LogP contribution in [0.3, 0.4) is 0 Å². The highest BCUT2D eigenvalue weighted by Gasteiger charge is 2.09. The van der Waals surface area contributed by atoms with Crippen LogP contribution in [-0.2, 0) is 6.54 Å². The number of phenolic OH excluding ortho intramolecular Hbond substituents is 1. The van der Waals surface area contributed by atoms with Crippen molar-refractivity contribution in [2.24, 2.45) is 0 Å². The van der Waals surface area contributed by atoms with Gasteiger partial charge in [0.1, 0.15) is 5.75 Å². The number of anilines is 1. The second-order valence-electron chi connectivity index (χ2n) is 4.41. The fraction of sp³-hybridized carbons (Fsp3) is 0.214. The Morgan fingerprint density at radius 1 is 1.37 bits per heavy atom. The molecule has 1 amide bonds. The standard InChI is InChI=1S/C14H16N2O2S/c1-8-5-11(19-9(8)2)7-16-14(18)10-3-4-12(15)13(17)6-10/h3-6,17H,7,15H2,1-2H3,(H,16,18). The smallest absolute Gasteiger partial charge is 0.251 e. The van der Waals surface area contributed by atoms with E-state index in [0.717, 1.165) is 4.88 Å². The van der Waals surface area contributed by atoms with E-state index in [1.54, 1.807) is 17.4 Å². The minimum absolute atomic E-state index is 0.0736. The third kappa shape index (κ3) is 3.06. The van der Waals surface area contributed by atoms with Crippen LogP contribution in [0.1, 0.15) is 25.7 Å². The molecule has 0 saturated heterocycles. The quantitative estimate of drug-likeness (QED) is 0.596. The first-order valence-corrected chi connectivity index (χ1v) is 6.71. The van der Waals surface area contributed by atoms with Gasteiger partial charge in [0.15, 0.2) is 0 Å². The van der Waals surface area contributed by atoms with E-state index in [-0.39, 0.29) is 17.3 Å². The topological polar surface area (TPSA) is 75.4 Å². The molecule has 0 atom stereocenters. The van der Waals surface area contributed by atoms with Gasteiger partial charge in [-0.25, -0.2) is 0 Å². The first kappa shape index (κ1) is 13.4. The number of benzene rings is 1. The highest BCUT2D eigenvalue weighted by atomic mass is 32.1. The van der Waals surface area contributed by atoms with Crippen molar-refractivity contribution in [2.45, 2.75) is 20.4 Å². The van der Waals surface area contributed by atoms with Gasteiger partial charge in [-0.2, -0.15) is 0 Å². The maximum atomic E-state index is 11.9. The number of phenols is 1. The van der Waals surface area contributed by atoms with Crippen molar-refractivity contribution in [3.8, 4) is 5.75 Å². The van der Waals surface area contributed by atoms with Crippen LogP contribution >= 0.6 is 11.3 Å². The molecule has 0 aliphatic heterocycles. The summed E-state index contributed by atoms with van der Waals surface area (Å²) in [6.07, 6.45) is 0. The van der Waals surface area contributed by atoms with Crippen LogP contribution in [0.2, 0.25) is 0 Å². The summed E-state index contributed by atoms with van der Waals surface area (Å²) in [5.74, 6) is -0.297. The molecule has 0 radical (unpaired) electrons. The van der Waals surface area contributed by atoms with E-state index in [2.05, 4.69) is 25.2 Å². The Labute approximate surface area is 115 Å². The Bertz CT molecular complexity index is 600. The highest BCUT2D eigenvalue weighted by molar-refractivity contribution is 7.12. The van der Waals surface area contributed by atoms with Gasteiger partial charge in [0.25, 0.3) is 5.91 Å². The second-order valence-corrected chi connectivity index (χ2v) is 5.75. The maximum Gasteiger partial charge on any atom is 0.251 e. The van der Waals surface area contributed by atoms with Gasteiger partial charge in [0.2, 0.25) is 0 Å². The zero-order chi connectivity index (χ0) is 14.0. The van der Waals surface area contributed by atoms with Crippen molar-refractivity contribution in [3.63, 3.8) is 0 Å². The number of nitrogens with two attached hydrogens (primary N) is 1. The predicted molar refractivity (Wildman–Crippen MR) is 77.5 cm³/mol. The van der Waals surface area contributed by atoms with E-state index >= 15 is 0 Å². The molecular weight excluding hydrogens is 260 g/mol. The maximum absolute atomic E-state index is 11.9. The Hall–Kier alpha value is -2.01. The molecule has 0 fully saturated rings. The normalized spacial score (nSPS) is 10.4. The molecule has 0 bridgehead atoms. The molecule has 100 valence electrons. The largest absolute Gasteiger partial charge is 0.506 e. The average molecular weight is 276 g/mol. The zero-order valence-corrected chi connectivity index (χ0v) is 11.7. The fourth-order valence-electron chi connectivity index (χ4n) is 1.69. The summed E-state index contributed by atoms with van der Waals surface area (Å²) in [4.78, 5) is 14.3. The molecule has 0 spiro atoms. The van der Waals surface area contributed by atoms with Crippen LogP contribution in [0.25, 0.3) is 0 Å². The van der Waals surface area contributed by atoms with Crippen molar-refractivity contribution < 1.29 is 9.90 Å². The number of aromatic hydroxyl groups is 1. The van der Waals surface area contributed by atoms with Crippen LogP contribution in [0.15, 0.2) is 24.3 Å². The Balaban J connectivity index is 2.03. The fourth-order valence-corrected chi connectivity index (χ4v) is 2.68. The number of aryl methyl sites for hydroxylation is 2. The molecule has 5 heteroatoms. The lowest BCUT2D eigenvalue weighted by molar-refractivity contribution is 0.0951. The summed E-state index contributed by atoms with van der Waals surface area (Å²) < 4.78 is 0. The third-order valence-electron chi connectivity index (χ3n) is 2.93. The molecular formula is C14H16N2O2S. The van der Waals surface area contributed by atoms with Crippen molar-refractivity contribution in [3.05, 3.63) is 45.1 Å². The summed E-state index contributed by atoms with van der Waals surface area (Å²) in [6.45, 7) is 4.60. The Kier molecular flexibility index (Phi) is 3.76. The number of thiophene rings is 1. The lowest BCUT2D eigenvalue weighted by Gasteiger charge is -2.05. The predicted octanol–water partition coefficient (Wildman–Crippen LogP) is 2.58. The van der Waals surface area contributed by atoms with Crippen molar-refractivity contribution in [2.75, 3.05) is 5.73 Å². The van der Waals surface area contributed by atoms with E-state index in [0.29, 0.717) is 12.1 Å². The first-order valence-electron chi connectivity index (χ1n) is 5.90. The summed E-state index contributed by atoms with van der Waals surface area (Å²) in [7, 11) is 0. The molecule has 0 unspecified atom stereocenters. The highest BCUT2D eigenvalue weighted by Crippen LogP contribution is 2.22. The molecule has 19 heavy (non-hydrogen) atoms. The molecule has 0 aliphatic rings. The molecule has 2 rings (SSSR count). The summed E-state index contributed by atoms with van der Waals surface area (Å²) in [6, 6.07) is 6.55. The monoisotopic (exact) mass is 276 g/mol. The van der Waals surface area contributed by atoms with Crippen molar-refractivity contribution >= 4 is 22.9 Å². The van der Waals surface area contributed by atoms with E-state index < -0.39 is 0 Å². The number of carbonyl (C=O) groups excluding carboxylic acids is 1. The molecule has 1 heterocycles. The lowest BCUT2D eigenvalue weighted by Crippen LogP contribution is -2.22. The van der Waals surface area contributed by atoms with Crippen LogP contribution in [0.5, 0.6) is 5.75 Å². The summed E-state index contributed by atoms with van der Waals surface area (Å²) >= 11 is 1.67. The summed E-state index contributed by atoms with van der Waals surface area (Å²) in [5.41, 5.74) is 7.39. The van der Waals surface area contributed by atoms with E-state index in [9.17, 15) is 9.90 Å². The number of nitrogens with one attached hydrogen (secondary N) is 1. The summed E-state index contributed by atoms with van der Waals surface area (Å²) in [5, 5.41) is 12.3. The van der Waals surface area contributed by atoms with Gasteiger partial charge in [0.05, 0.1) is 12.2 Å². The van der Waals surface area contributed by atoms with Gasteiger partial charge in [-0.1, -0.05) is 0 Å². The molecule has 1 aromatic heterocycles. The number of nitrogen functional groups attached to an aromatic ring is 1. The molecule has 0 saturated carbocycles. The van der Waals surface area contributed by atoms with E-state index in [1.165, 1.54) is 22.6 Å². The van der Waals surface area contributed by atoms with Gasteiger partial charge in [-0.05, 0) is 43.7 Å². The molecule has 4 N–H and O–H groups in total. The van der Waals surface area contributed by atoms with Gasteiger partial charge >= 0.3 is 0 Å². The SMILES string of the molecule is Cc1cc(CNC(=O)c2ccc(N)c(O)c2)sc1C. The van der Waals surface area contributed by atoms with Gasteiger partial charge in [0, 0.05) is 15.3 Å². The Morgan fingerprint density at radius 2 is 2.11 bits per heavy atom. The number of hydrogen-bond acceptors (Lipinski definition) is 4. The zero-order valence-electron chi connectivity index (χ0n) is 10.9. The van der Waals surface area contributed by atoms with Crippen LogP contribution in [-0.4, -0.2) is 11.0 Å². The molecule has 2 aromatic rings. The van der Waals surface area contributed by atoms with E-state index in [1.807, 2.05) is 0 Å². The van der Waals surface area contributed by atoms with Crippen LogP contribution in [0.4, 0.5) is 5.69 Å². The van der Waals surface area contributed by atoms with Crippen molar-refractivity contribution in [1.82, 2.24) is 5.32 Å². The molecule has 4 nitrogen and oxygen atoms in total. The van der Waals surface area contributed by atoms with Gasteiger partial charge in [-0.3, -0.25) is 4.79 Å².